The minimum atomic E-state index is -0.985. The summed E-state index contributed by atoms with van der Waals surface area (Å²) >= 11 is 0. The van der Waals surface area contributed by atoms with Gasteiger partial charge in [0.05, 0.1) is 0 Å². The summed E-state index contributed by atoms with van der Waals surface area (Å²) < 4.78 is 0. The van der Waals surface area contributed by atoms with Crippen LogP contribution in [0, 0.1) is 11.3 Å². The fourth-order valence-corrected chi connectivity index (χ4v) is 2.78. The normalized spacial score (nSPS) is 38.8. The average Bonchev–Trinajstić information content (AvgIpc) is 2.12. The quantitative estimate of drug-likeness (QED) is 0.627. The van der Waals surface area contributed by atoms with Crippen molar-refractivity contribution in [3.63, 3.8) is 0 Å². The average molecular weight is 182 g/mol. The molecule has 0 amide bonds. The highest BCUT2D eigenvalue weighted by molar-refractivity contribution is 6.03. The van der Waals surface area contributed by atoms with Gasteiger partial charge >= 0.3 is 5.97 Å². The molecule has 0 aromatic heterocycles. The van der Waals surface area contributed by atoms with Gasteiger partial charge in [0.25, 0.3) is 0 Å². The lowest BCUT2D eigenvalue weighted by Gasteiger charge is -2.40. The van der Waals surface area contributed by atoms with E-state index < -0.39 is 11.4 Å². The van der Waals surface area contributed by atoms with Crippen LogP contribution in [0.2, 0.25) is 0 Å². The molecule has 2 unspecified atom stereocenters. The van der Waals surface area contributed by atoms with E-state index in [0.717, 1.165) is 19.3 Å². The first-order chi connectivity index (χ1) is 6.15. The SMILES string of the molecule is O=C(O)C12CCCC(CCC1=O)C2. The van der Waals surface area contributed by atoms with E-state index in [-0.39, 0.29) is 5.78 Å². The highest BCUT2D eigenvalue weighted by Crippen LogP contribution is 2.46. The number of carbonyl (C=O) groups excluding carboxylic acids is 1. The summed E-state index contributed by atoms with van der Waals surface area (Å²) in [5.41, 5.74) is -0.985. The molecule has 2 aliphatic carbocycles. The number of carbonyl (C=O) groups is 2. The van der Waals surface area contributed by atoms with Crippen molar-refractivity contribution in [1.29, 1.82) is 0 Å². The minimum Gasteiger partial charge on any atom is -0.480 e. The third kappa shape index (κ3) is 1.18. The number of rotatable bonds is 1. The fourth-order valence-electron chi connectivity index (χ4n) is 2.78. The van der Waals surface area contributed by atoms with Crippen LogP contribution >= 0.6 is 0 Å². The molecule has 2 rings (SSSR count). The van der Waals surface area contributed by atoms with E-state index in [2.05, 4.69) is 0 Å². The molecule has 2 atom stereocenters. The largest absolute Gasteiger partial charge is 0.480 e. The standard InChI is InChI=1S/C10H14O3/c11-8-4-3-7-2-1-5-10(8,6-7)9(12)13/h7H,1-6H2,(H,12,13). The molecule has 2 bridgehead atoms. The lowest BCUT2D eigenvalue weighted by Crippen LogP contribution is -2.46. The molecule has 0 radical (unpaired) electrons. The molecule has 0 aromatic carbocycles. The Hall–Kier alpha value is -0.860. The summed E-state index contributed by atoms with van der Waals surface area (Å²) in [4.78, 5) is 22.7. The number of hydrogen-bond donors (Lipinski definition) is 1. The molecule has 2 fully saturated rings. The zero-order valence-corrected chi connectivity index (χ0v) is 7.58. The monoisotopic (exact) mass is 182 g/mol. The third-order valence-electron chi connectivity index (χ3n) is 3.58. The van der Waals surface area contributed by atoms with Crippen molar-refractivity contribution in [1.82, 2.24) is 0 Å². The number of aliphatic carboxylic acids is 1. The van der Waals surface area contributed by atoms with Crippen LogP contribution in [0.3, 0.4) is 0 Å². The summed E-state index contributed by atoms with van der Waals surface area (Å²) in [5.74, 6) is -0.430. The Bertz CT molecular complexity index is 259. The van der Waals surface area contributed by atoms with E-state index in [4.69, 9.17) is 5.11 Å². The van der Waals surface area contributed by atoms with Gasteiger partial charge in [-0.1, -0.05) is 12.8 Å². The van der Waals surface area contributed by atoms with Gasteiger partial charge in [0.2, 0.25) is 0 Å². The number of carboxylic acid groups (broad SMARTS) is 1. The second-order valence-corrected chi connectivity index (χ2v) is 4.31. The van der Waals surface area contributed by atoms with Crippen LogP contribution in [0.5, 0.6) is 0 Å². The number of fused-ring (bicyclic) bond motifs is 2. The van der Waals surface area contributed by atoms with Crippen molar-refractivity contribution < 1.29 is 14.7 Å². The molecule has 72 valence electrons. The second kappa shape index (κ2) is 2.82. The molecule has 0 spiro atoms. The van der Waals surface area contributed by atoms with E-state index >= 15 is 0 Å². The smallest absolute Gasteiger partial charge is 0.317 e. The topological polar surface area (TPSA) is 54.4 Å². The molecule has 13 heavy (non-hydrogen) atoms. The van der Waals surface area contributed by atoms with Crippen molar-refractivity contribution in [3.8, 4) is 0 Å². The van der Waals surface area contributed by atoms with Crippen LogP contribution in [0.15, 0.2) is 0 Å². The van der Waals surface area contributed by atoms with Crippen LogP contribution in [-0.2, 0) is 9.59 Å². The first kappa shape index (κ1) is 8.73. The molecular formula is C10H14O3. The van der Waals surface area contributed by atoms with E-state index in [1.165, 1.54) is 0 Å². The molecule has 0 saturated heterocycles. The molecule has 1 N–H and O–H groups in total. The highest BCUT2D eigenvalue weighted by atomic mass is 16.4. The maximum absolute atomic E-state index is 11.6. The van der Waals surface area contributed by atoms with Crippen LogP contribution in [-0.4, -0.2) is 16.9 Å². The van der Waals surface area contributed by atoms with E-state index in [1.54, 1.807) is 0 Å². The van der Waals surface area contributed by atoms with Crippen molar-refractivity contribution in [2.24, 2.45) is 11.3 Å². The van der Waals surface area contributed by atoms with Crippen molar-refractivity contribution in [2.45, 2.75) is 38.5 Å². The summed E-state index contributed by atoms with van der Waals surface area (Å²) in [6, 6.07) is 0. The van der Waals surface area contributed by atoms with Crippen LogP contribution in [0.1, 0.15) is 38.5 Å². The molecule has 3 heteroatoms. The van der Waals surface area contributed by atoms with Gasteiger partial charge in [0.15, 0.2) is 0 Å². The van der Waals surface area contributed by atoms with Gasteiger partial charge in [0, 0.05) is 6.42 Å². The summed E-state index contributed by atoms with van der Waals surface area (Å²) in [7, 11) is 0. The Balaban J connectivity index is 2.30. The minimum absolute atomic E-state index is 0.0315. The molecule has 0 aliphatic heterocycles. The van der Waals surface area contributed by atoms with Crippen molar-refractivity contribution in [2.75, 3.05) is 0 Å². The molecule has 2 saturated carbocycles. The Labute approximate surface area is 77.1 Å². The number of carboxylic acids is 1. The summed E-state index contributed by atoms with van der Waals surface area (Å²) in [5, 5.41) is 9.09. The van der Waals surface area contributed by atoms with Crippen molar-refractivity contribution >= 4 is 11.8 Å². The summed E-state index contributed by atoms with van der Waals surface area (Å²) in [6.45, 7) is 0. The van der Waals surface area contributed by atoms with Gasteiger partial charge in [-0.2, -0.15) is 0 Å². The van der Waals surface area contributed by atoms with E-state index in [1.807, 2.05) is 0 Å². The second-order valence-electron chi connectivity index (χ2n) is 4.31. The van der Waals surface area contributed by atoms with E-state index in [9.17, 15) is 9.59 Å². The highest BCUT2D eigenvalue weighted by Gasteiger charge is 2.51. The predicted molar refractivity (Wildman–Crippen MR) is 46.3 cm³/mol. The molecule has 0 aromatic rings. The Morgan fingerprint density at radius 2 is 2.23 bits per heavy atom. The van der Waals surface area contributed by atoms with Gasteiger partial charge < -0.3 is 5.11 Å². The van der Waals surface area contributed by atoms with E-state index in [0.29, 0.717) is 25.2 Å². The number of ketones is 1. The van der Waals surface area contributed by atoms with Crippen LogP contribution < -0.4 is 0 Å². The maximum Gasteiger partial charge on any atom is 0.317 e. The van der Waals surface area contributed by atoms with Gasteiger partial charge in [0.1, 0.15) is 11.2 Å². The zero-order valence-electron chi connectivity index (χ0n) is 7.58. The molecular weight excluding hydrogens is 168 g/mol. The number of hydrogen-bond acceptors (Lipinski definition) is 2. The molecule has 0 heterocycles. The Morgan fingerprint density at radius 3 is 2.85 bits per heavy atom. The van der Waals surface area contributed by atoms with Gasteiger partial charge in [-0.3, -0.25) is 9.59 Å². The third-order valence-corrected chi connectivity index (χ3v) is 3.58. The first-order valence-corrected chi connectivity index (χ1v) is 4.92. The fraction of sp³-hybridized carbons (Fsp3) is 0.800. The first-order valence-electron chi connectivity index (χ1n) is 4.92. The van der Waals surface area contributed by atoms with Crippen LogP contribution in [0.4, 0.5) is 0 Å². The summed E-state index contributed by atoms with van der Waals surface area (Å²) in [6.07, 6.45) is 4.58. The Morgan fingerprint density at radius 1 is 1.46 bits per heavy atom. The zero-order chi connectivity index (χ0) is 9.47. The van der Waals surface area contributed by atoms with Gasteiger partial charge in [-0.25, -0.2) is 0 Å². The van der Waals surface area contributed by atoms with Crippen LogP contribution in [0.25, 0.3) is 0 Å². The molecule has 3 nitrogen and oxygen atoms in total. The predicted octanol–water partition coefficient (Wildman–Crippen LogP) is 1.61. The Kier molecular flexibility index (Phi) is 1.90. The number of Topliss-reactive ketones (excluding diaryl/α,β-unsaturated/α-hetero) is 1. The van der Waals surface area contributed by atoms with Gasteiger partial charge in [-0.15, -0.1) is 0 Å². The lowest BCUT2D eigenvalue weighted by atomic mass is 9.61. The van der Waals surface area contributed by atoms with Crippen molar-refractivity contribution in [3.05, 3.63) is 0 Å². The maximum atomic E-state index is 11.6. The molecule has 2 aliphatic rings. The lowest BCUT2D eigenvalue weighted by molar-refractivity contribution is -0.161. The van der Waals surface area contributed by atoms with Gasteiger partial charge in [-0.05, 0) is 25.2 Å².